The fourth-order valence-corrected chi connectivity index (χ4v) is 3.41. The standard InChI is InChI=1S/C22H22N2O2S/c25-21(13-6-14-23-22(26)20-12-7-15-27-20)24-19-11-5-4-10-18(19)16-17-8-2-1-3-9-17/h1-5,7-12,15H,6,13-14,16H2,(H,23,26)(H,24,25). The molecule has 27 heavy (non-hydrogen) atoms. The van der Waals surface area contributed by atoms with Crippen LogP contribution in [-0.2, 0) is 11.2 Å². The summed E-state index contributed by atoms with van der Waals surface area (Å²) in [7, 11) is 0. The molecule has 3 aromatic rings. The first-order chi connectivity index (χ1) is 13.2. The highest BCUT2D eigenvalue weighted by molar-refractivity contribution is 7.12. The van der Waals surface area contributed by atoms with E-state index in [-0.39, 0.29) is 11.8 Å². The number of hydrogen-bond acceptors (Lipinski definition) is 3. The van der Waals surface area contributed by atoms with Crippen LogP contribution in [0.2, 0.25) is 0 Å². The van der Waals surface area contributed by atoms with Crippen LogP contribution in [-0.4, -0.2) is 18.4 Å². The molecule has 2 amide bonds. The summed E-state index contributed by atoms with van der Waals surface area (Å²) in [5.74, 6) is -0.125. The van der Waals surface area contributed by atoms with E-state index in [2.05, 4.69) is 22.8 Å². The highest BCUT2D eigenvalue weighted by Crippen LogP contribution is 2.19. The van der Waals surface area contributed by atoms with E-state index in [1.54, 1.807) is 6.07 Å². The molecule has 0 unspecified atom stereocenters. The quantitative estimate of drug-likeness (QED) is 0.568. The zero-order valence-electron chi connectivity index (χ0n) is 15.0. The van der Waals surface area contributed by atoms with Gasteiger partial charge in [-0.05, 0) is 41.5 Å². The Morgan fingerprint density at radius 3 is 2.44 bits per heavy atom. The second-order valence-electron chi connectivity index (χ2n) is 6.20. The second kappa shape index (κ2) is 9.69. The fraction of sp³-hybridized carbons (Fsp3) is 0.182. The van der Waals surface area contributed by atoms with Crippen molar-refractivity contribution in [3.63, 3.8) is 0 Å². The zero-order valence-corrected chi connectivity index (χ0v) is 15.8. The molecule has 4 nitrogen and oxygen atoms in total. The molecule has 0 saturated carbocycles. The Labute approximate surface area is 163 Å². The van der Waals surface area contributed by atoms with Gasteiger partial charge >= 0.3 is 0 Å². The average Bonchev–Trinajstić information content (AvgIpc) is 3.22. The molecule has 0 fully saturated rings. The topological polar surface area (TPSA) is 58.2 Å². The molecule has 2 aromatic carbocycles. The van der Waals surface area contributed by atoms with Crippen LogP contribution in [0.15, 0.2) is 72.1 Å². The molecule has 0 aliphatic carbocycles. The smallest absolute Gasteiger partial charge is 0.261 e. The van der Waals surface area contributed by atoms with E-state index >= 15 is 0 Å². The Balaban J connectivity index is 1.47. The summed E-state index contributed by atoms with van der Waals surface area (Å²) in [4.78, 5) is 24.8. The fourth-order valence-electron chi connectivity index (χ4n) is 2.77. The third-order valence-electron chi connectivity index (χ3n) is 4.14. The number of carbonyl (C=O) groups is 2. The van der Waals surface area contributed by atoms with Gasteiger partial charge in [0.1, 0.15) is 0 Å². The Hall–Kier alpha value is -2.92. The predicted molar refractivity (Wildman–Crippen MR) is 110 cm³/mol. The molecule has 0 radical (unpaired) electrons. The number of amides is 2. The summed E-state index contributed by atoms with van der Waals surface area (Å²) in [5.41, 5.74) is 3.13. The number of nitrogens with one attached hydrogen (secondary N) is 2. The van der Waals surface area contributed by atoms with Gasteiger partial charge in [0.05, 0.1) is 4.88 Å². The Morgan fingerprint density at radius 1 is 0.889 bits per heavy atom. The number of para-hydroxylation sites is 1. The molecule has 0 spiro atoms. The lowest BCUT2D eigenvalue weighted by Gasteiger charge is -2.11. The number of thiophene rings is 1. The van der Waals surface area contributed by atoms with Crippen molar-refractivity contribution in [1.82, 2.24) is 5.32 Å². The minimum absolute atomic E-state index is 0.0408. The second-order valence-corrected chi connectivity index (χ2v) is 7.15. The van der Waals surface area contributed by atoms with Gasteiger partial charge in [-0.25, -0.2) is 0 Å². The molecular formula is C22H22N2O2S. The van der Waals surface area contributed by atoms with E-state index in [1.807, 2.05) is 53.9 Å². The molecule has 138 valence electrons. The van der Waals surface area contributed by atoms with Gasteiger partial charge in [0, 0.05) is 18.7 Å². The summed E-state index contributed by atoms with van der Waals surface area (Å²) in [6.45, 7) is 0.482. The number of hydrogen-bond donors (Lipinski definition) is 2. The van der Waals surface area contributed by atoms with Crippen molar-refractivity contribution in [2.75, 3.05) is 11.9 Å². The van der Waals surface area contributed by atoms with E-state index < -0.39 is 0 Å². The number of benzene rings is 2. The number of carbonyl (C=O) groups excluding carboxylic acids is 2. The number of anilines is 1. The maximum absolute atomic E-state index is 12.3. The van der Waals surface area contributed by atoms with Crippen LogP contribution in [0.1, 0.15) is 33.6 Å². The van der Waals surface area contributed by atoms with Crippen molar-refractivity contribution in [3.8, 4) is 0 Å². The first-order valence-corrected chi connectivity index (χ1v) is 9.84. The molecule has 1 heterocycles. The first-order valence-electron chi connectivity index (χ1n) is 8.96. The Morgan fingerprint density at radius 2 is 1.67 bits per heavy atom. The van der Waals surface area contributed by atoms with E-state index in [0.29, 0.717) is 24.3 Å². The van der Waals surface area contributed by atoms with Crippen LogP contribution < -0.4 is 10.6 Å². The highest BCUT2D eigenvalue weighted by atomic mass is 32.1. The van der Waals surface area contributed by atoms with Gasteiger partial charge < -0.3 is 10.6 Å². The van der Waals surface area contributed by atoms with Gasteiger partial charge in [-0.3, -0.25) is 9.59 Å². The third-order valence-corrected chi connectivity index (χ3v) is 5.01. The van der Waals surface area contributed by atoms with Gasteiger partial charge in [0.2, 0.25) is 5.91 Å². The van der Waals surface area contributed by atoms with E-state index in [4.69, 9.17) is 0 Å². The van der Waals surface area contributed by atoms with Crippen molar-refractivity contribution in [2.45, 2.75) is 19.3 Å². The van der Waals surface area contributed by atoms with Crippen LogP contribution in [0, 0.1) is 0 Å². The van der Waals surface area contributed by atoms with Gasteiger partial charge in [-0.2, -0.15) is 0 Å². The lowest BCUT2D eigenvalue weighted by atomic mass is 10.0. The van der Waals surface area contributed by atoms with Crippen LogP contribution in [0.4, 0.5) is 5.69 Å². The van der Waals surface area contributed by atoms with Crippen molar-refractivity contribution in [1.29, 1.82) is 0 Å². The minimum Gasteiger partial charge on any atom is -0.351 e. The zero-order chi connectivity index (χ0) is 18.9. The maximum atomic E-state index is 12.3. The van der Waals surface area contributed by atoms with E-state index in [9.17, 15) is 9.59 Å². The van der Waals surface area contributed by atoms with Gasteiger partial charge in [0.25, 0.3) is 5.91 Å². The van der Waals surface area contributed by atoms with Crippen LogP contribution in [0.25, 0.3) is 0 Å². The summed E-state index contributed by atoms with van der Waals surface area (Å²) >= 11 is 1.41. The van der Waals surface area contributed by atoms with Crippen molar-refractivity contribution >= 4 is 28.8 Å². The minimum atomic E-state index is -0.0846. The van der Waals surface area contributed by atoms with Crippen LogP contribution in [0.5, 0.6) is 0 Å². The van der Waals surface area contributed by atoms with Gasteiger partial charge in [-0.15, -0.1) is 11.3 Å². The van der Waals surface area contributed by atoms with Gasteiger partial charge in [-0.1, -0.05) is 54.6 Å². The molecule has 5 heteroatoms. The molecule has 0 aliphatic heterocycles. The van der Waals surface area contributed by atoms with Crippen LogP contribution in [0.3, 0.4) is 0 Å². The number of rotatable bonds is 8. The molecule has 1 aromatic heterocycles. The monoisotopic (exact) mass is 378 g/mol. The average molecular weight is 378 g/mol. The van der Waals surface area contributed by atoms with Crippen molar-refractivity contribution < 1.29 is 9.59 Å². The van der Waals surface area contributed by atoms with Crippen molar-refractivity contribution in [2.24, 2.45) is 0 Å². The molecule has 0 saturated heterocycles. The lowest BCUT2D eigenvalue weighted by molar-refractivity contribution is -0.116. The summed E-state index contributed by atoms with van der Waals surface area (Å²) < 4.78 is 0. The SMILES string of the molecule is O=C(CCCNC(=O)c1cccs1)Nc1ccccc1Cc1ccccc1. The summed E-state index contributed by atoms with van der Waals surface area (Å²) in [6, 6.07) is 21.7. The molecule has 2 N–H and O–H groups in total. The van der Waals surface area contributed by atoms with Crippen LogP contribution >= 0.6 is 11.3 Å². The Kier molecular flexibility index (Phi) is 6.77. The van der Waals surface area contributed by atoms with E-state index in [1.165, 1.54) is 16.9 Å². The summed E-state index contributed by atoms with van der Waals surface area (Å²) in [6.07, 6.45) is 1.74. The third kappa shape index (κ3) is 5.79. The lowest BCUT2D eigenvalue weighted by Crippen LogP contribution is -2.24. The largest absolute Gasteiger partial charge is 0.351 e. The molecule has 0 atom stereocenters. The first kappa shape index (κ1) is 18.9. The predicted octanol–water partition coefficient (Wildman–Crippen LogP) is 4.49. The molecule has 3 rings (SSSR count). The molecular weight excluding hydrogens is 356 g/mol. The normalized spacial score (nSPS) is 10.4. The highest BCUT2D eigenvalue weighted by Gasteiger charge is 2.09. The molecule has 0 bridgehead atoms. The maximum Gasteiger partial charge on any atom is 0.261 e. The van der Waals surface area contributed by atoms with E-state index in [0.717, 1.165) is 17.7 Å². The summed E-state index contributed by atoms with van der Waals surface area (Å²) in [5, 5.41) is 7.71. The molecule has 0 aliphatic rings. The Bertz CT molecular complexity index is 876. The van der Waals surface area contributed by atoms with Gasteiger partial charge in [0.15, 0.2) is 0 Å². The van der Waals surface area contributed by atoms with Crippen molar-refractivity contribution in [3.05, 3.63) is 88.1 Å².